The molecule has 0 spiro atoms. The van der Waals surface area contributed by atoms with Gasteiger partial charge in [-0.2, -0.15) is 0 Å². The number of halogens is 2. The van der Waals surface area contributed by atoms with Crippen molar-refractivity contribution in [2.75, 3.05) is 6.54 Å². The summed E-state index contributed by atoms with van der Waals surface area (Å²) in [5, 5.41) is 2.66. The van der Waals surface area contributed by atoms with Crippen molar-refractivity contribution in [2.45, 2.75) is 26.2 Å². The van der Waals surface area contributed by atoms with Gasteiger partial charge in [0.25, 0.3) is 0 Å². The molecule has 1 amide bonds. The van der Waals surface area contributed by atoms with Gasteiger partial charge in [0.15, 0.2) is 0 Å². The van der Waals surface area contributed by atoms with E-state index in [1.54, 1.807) is 12.1 Å². The fourth-order valence-corrected chi connectivity index (χ4v) is 1.86. The predicted octanol–water partition coefficient (Wildman–Crippen LogP) is 2.62. The molecule has 1 aromatic carbocycles. The molecule has 1 rings (SSSR count). The molecular weight excluding hydrogens is 301 g/mol. The second kappa shape index (κ2) is 7.26. The van der Waals surface area contributed by atoms with Crippen molar-refractivity contribution in [1.82, 2.24) is 5.32 Å². The van der Waals surface area contributed by atoms with Gasteiger partial charge in [-0.05, 0) is 37.1 Å². The molecule has 0 aromatic heterocycles. The van der Waals surface area contributed by atoms with Gasteiger partial charge in [0, 0.05) is 23.9 Å². The summed E-state index contributed by atoms with van der Waals surface area (Å²) in [5.41, 5.74) is 0.552. The van der Waals surface area contributed by atoms with Gasteiger partial charge in [-0.3, -0.25) is 4.79 Å². The maximum atomic E-state index is 13.4. The normalized spacial score (nSPS) is 10.2. The fraction of sp³-hybridized carbons (Fsp3) is 0.385. The van der Waals surface area contributed by atoms with Crippen LogP contribution in [0.25, 0.3) is 0 Å². The first-order chi connectivity index (χ1) is 8.49. The topological polar surface area (TPSA) is 46.2 Å². The zero-order chi connectivity index (χ0) is 13.5. The number of nitrogens with one attached hydrogen (secondary N) is 1. The molecule has 98 valence electrons. The first-order valence-electron chi connectivity index (χ1n) is 5.69. The zero-order valence-electron chi connectivity index (χ0n) is 10.1. The number of amides is 1. The average Bonchev–Trinajstić information content (AvgIpc) is 2.31. The third kappa shape index (κ3) is 5.40. The summed E-state index contributed by atoms with van der Waals surface area (Å²) in [6.07, 6.45) is 0.866. The second-order valence-corrected chi connectivity index (χ2v) is 4.95. The molecule has 0 heterocycles. The van der Waals surface area contributed by atoms with E-state index in [4.69, 9.17) is 0 Å². The van der Waals surface area contributed by atoms with Crippen LogP contribution in [0, 0.1) is 5.82 Å². The molecule has 5 heteroatoms. The van der Waals surface area contributed by atoms with Crippen molar-refractivity contribution in [3.8, 4) is 0 Å². The van der Waals surface area contributed by atoms with Crippen molar-refractivity contribution >= 4 is 27.6 Å². The van der Waals surface area contributed by atoms with Gasteiger partial charge in [-0.15, -0.1) is 0 Å². The minimum atomic E-state index is -0.281. The van der Waals surface area contributed by atoms with Gasteiger partial charge in [-0.25, -0.2) is 4.39 Å². The Morgan fingerprint density at radius 1 is 1.33 bits per heavy atom. The van der Waals surface area contributed by atoms with Crippen molar-refractivity contribution in [3.05, 3.63) is 34.1 Å². The van der Waals surface area contributed by atoms with E-state index in [0.717, 1.165) is 4.47 Å². The summed E-state index contributed by atoms with van der Waals surface area (Å²) in [5.74, 6) is -0.472. The summed E-state index contributed by atoms with van der Waals surface area (Å²) in [6, 6.07) is 4.71. The first-order valence-corrected chi connectivity index (χ1v) is 6.48. The molecule has 1 N–H and O–H groups in total. The molecular formula is C13H15BrFNO2. The van der Waals surface area contributed by atoms with Gasteiger partial charge in [0.1, 0.15) is 11.6 Å². The molecule has 0 aliphatic rings. The molecule has 0 aliphatic carbocycles. The maximum absolute atomic E-state index is 13.4. The smallest absolute Gasteiger partial charge is 0.220 e. The molecule has 0 atom stereocenters. The molecule has 0 fully saturated rings. The van der Waals surface area contributed by atoms with Crippen molar-refractivity contribution in [2.24, 2.45) is 0 Å². The van der Waals surface area contributed by atoms with E-state index in [9.17, 15) is 14.0 Å². The van der Waals surface area contributed by atoms with Gasteiger partial charge in [0.05, 0.1) is 0 Å². The Morgan fingerprint density at radius 3 is 2.72 bits per heavy atom. The van der Waals surface area contributed by atoms with Crippen LogP contribution in [0.3, 0.4) is 0 Å². The SMILES string of the molecule is CC(=O)CCC(=O)NCCc1cc(Br)ccc1F. The quantitative estimate of drug-likeness (QED) is 0.877. The number of carbonyl (C=O) groups is 2. The van der Waals surface area contributed by atoms with E-state index < -0.39 is 0 Å². The zero-order valence-corrected chi connectivity index (χ0v) is 11.7. The largest absolute Gasteiger partial charge is 0.356 e. The Bertz CT molecular complexity index is 449. The summed E-state index contributed by atoms with van der Waals surface area (Å²) in [4.78, 5) is 22.0. The molecule has 0 radical (unpaired) electrons. The number of benzene rings is 1. The first kappa shape index (κ1) is 14.8. The van der Waals surface area contributed by atoms with Crippen LogP contribution in [-0.4, -0.2) is 18.2 Å². The van der Waals surface area contributed by atoms with Crippen LogP contribution in [0.2, 0.25) is 0 Å². The van der Waals surface area contributed by atoms with E-state index in [0.29, 0.717) is 18.5 Å². The van der Waals surface area contributed by atoms with Gasteiger partial charge in [-0.1, -0.05) is 15.9 Å². The van der Waals surface area contributed by atoms with E-state index in [2.05, 4.69) is 21.2 Å². The highest BCUT2D eigenvalue weighted by Crippen LogP contribution is 2.15. The lowest BCUT2D eigenvalue weighted by Crippen LogP contribution is -2.26. The minimum Gasteiger partial charge on any atom is -0.356 e. The minimum absolute atomic E-state index is 0.0109. The number of rotatable bonds is 6. The highest BCUT2D eigenvalue weighted by molar-refractivity contribution is 9.10. The Kier molecular flexibility index (Phi) is 5.98. The standard InChI is InChI=1S/C13H15BrFNO2/c1-9(17)2-5-13(18)16-7-6-10-8-11(14)3-4-12(10)15/h3-4,8H,2,5-7H2,1H3,(H,16,18). The number of ketones is 1. The van der Waals surface area contributed by atoms with Crippen LogP contribution in [0.15, 0.2) is 22.7 Å². The summed E-state index contributed by atoms with van der Waals surface area (Å²) in [7, 11) is 0. The van der Waals surface area contributed by atoms with Gasteiger partial charge >= 0.3 is 0 Å². The summed E-state index contributed by atoms with van der Waals surface area (Å²) in [6.45, 7) is 1.81. The molecule has 0 bridgehead atoms. The second-order valence-electron chi connectivity index (χ2n) is 4.04. The monoisotopic (exact) mass is 315 g/mol. The molecule has 1 aromatic rings. The summed E-state index contributed by atoms with van der Waals surface area (Å²) < 4.78 is 14.2. The fourth-order valence-electron chi connectivity index (χ4n) is 1.45. The molecule has 18 heavy (non-hydrogen) atoms. The molecule has 0 aliphatic heterocycles. The Balaban J connectivity index is 2.35. The Morgan fingerprint density at radius 2 is 2.06 bits per heavy atom. The number of carbonyl (C=O) groups excluding carboxylic acids is 2. The Labute approximate surface area is 114 Å². The van der Waals surface area contributed by atoms with Crippen LogP contribution in [-0.2, 0) is 16.0 Å². The van der Waals surface area contributed by atoms with Crippen LogP contribution in [0.4, 0.5) is 4.39 Å². The highest BCUT2D eigenvalue weighted by atomic mass is 79.9. The van der Waals surface area contributed by atoms with Crippen LogP contribution >= 0.6 is 15.9 Å². The van der Waals surface area contributed by atoms with Gasteiger partial charge < -0.3 is 10.1 Å². The third-order valence-electron chi connectivity index (χ3n) is 2.43. The third-order valence-corrected chi connectivity index (χ3v) is 2.92. The lowest BCUT2D eigenvalue weighted by atomic mass is 10.1. The number of hydrogen-bond donors (Lipinski definition) is 1. The highest BCUT2D eigenvalue weighted by Gasteiger charge is 2.05. The molecule has 0 saturated carbocycles. The van der Waals surface area contributed by atoms with Crippen LogP contribution in [0.1, 0.15) is 25.3 Å². The van der Waals surface area contributed by atoms with Gasteiger partial charge in [0.2, 0.25) is 5.91 Å². The maximum Gasteiger partial charge on any atom is 0.220 e. The van der Waals surface area contributed by atoms with Crippen LogP contribution in [0.5, 0.6) is 0 Å². The molecule has 3 nitrogen and oxygen atoms in total. The Hall–Kier alpha value is -1.23. The average molecular weight is 316 g/mol. The lowest BCUT2D eigenvalue weighted by Gasteiger charge is -2.06. The molecule has 0 saturated heterocycles. The summed E-state index contributed by atoms with van der Waals surface area (Å²) >= 11 is 3.27. The molecule has 0 unspecified atom stereocenters. The van der Waals surface area contributed by atoms with Crippen LogP contribution < -0.4 is 5.32 Å². The van der Waals surface area contributed by atoms with Crippen molar-refractivity contribution in [1.29, 1.82) is 0 Å². The van der Waals surface area contributed by atoms with E-state index in [1.807, 2.05) is 0 Å². The van der Waals surface area contributed by atoms with E-state index in [1.165, 1.54) is 13.0 Å². The van der Waals surface area contributed by atoms with Crippen molar-refractivity contribution in [3.63, 3.8) is 0 Å². The number of Topliss-reactive ketones (excluding diaryl/α,β-unsaturated/α-hetero) is 1. The predicted molar refractivity (Wildman–Crippen MR) is 70.7 cm³/mol. The number of hydrogen-bond acceptors (Lipinski definition) is 2. The lowest BCUT2D eigenvalue weighted by molar-refractivity contribution is -0.124. The van der Waals surface area contributed by atoms with Crippen molar-refractivity contribution < 1.29 is 14.0 Å². The van der Waals surface area contributed by atoms with E-state index in [-0.39, 0.29) is 30.3 Å². The van der Waals surface area contributed by atoms with E-state index >= 15 is 0 Å².